The van der Waals surface area contributed by atoms with E-state index in [1.165, 1.54) is 42.3 Å². The summed E-state index contributed by atoms with van der Waals surface area (Å²) in [7, 11) is 1.25. The Morgan fingerprint density at radius 1 is 1.08 bits per heavy atom. The van der Waals surface area contributed by atoms with Crippen molar-refractivity contribution >= 4 is 29.3 Å². The predicted octanol–water partition coefficient (Wildman–Crippen LogP) is 3.59. The van der Waals surface area contributed by atoms with Gasteiger partial charge in [0.25, 0.3) is 5.91 Å². The average molecular weight is 517 g/mol. The van der Waals surface area contributed by atoms with Gasteiger partial charge in [0.15, 0.2) is 0 Å². The van der Waals surface area contributed by atoms with Gasteiger partial charge in [0, 0.05) is 36.8 Å². The van der Waals surface area contributed by atoms with Gasteiger partial charge in [-0.25, -0.2) is 0 Å². The molecule has 0 aromatic heterocycles. The van der Waals surface area contributed by atoms with Crippen molar-refractivity contribution in [1.29, 1.82) is 0 Å². The first kappa shape index (κ1) is 25.3. The van der Waals surface area contributed by atoms with Gasteiger partial charge in [0.1, 0.15) is 6.04 Å². The molecule has 193 valence electrons. The molecule has 3 aromatic carbocycles. The van der Waals surface area contributed by atoms with Crippen LogP contribution in [0.5, 0.6) is 0 Å². The van der Waals surface area contributed by atoms with Crippen LogP contribution in [0, 0.1) is 6.07 Å². The summed E-state index contributed by atoms with van der Waals surface area (Å²) in [6, 6.07) is 19.9. The maximum absolute atomic E-state index is 15.4. The first-order chi connectivity index (χ1) is 18.1. The third kappa shape index (κ3) is 4.67. The molecule has 5 rings (SSSR count). The van der Waals surface area contributed by atoms with Crippen LogP contribution in [0.15, 0.2) is 66.7 Å². The van der Waals surface area contributed by atoms with Gasteiger partial charge in [0.05, 0.1) is 0 Å². The molecule has 0 aliphatic carbocycles. The molecule has 0 bridgehead atoms. The van der Waals surface area contributed by atoms with E-state index in [1.54, 1.807) is 6.07 Å². The lowest BCUT2D eigenvalue weighted by molar-refractivity contribution is -0.143. The Balaban J connectivity index is 1.34. The van der Waals surface area contributed by atoms with Crippen molar-refractivity contribution in [3.63, 3.8) is 0 Å². The number of anilines is 1. The van der Waals surface area contributed by atoms with E-state index in [9.17, 15) is 19.2 Å². The van der Waals surface area contributed by atoms with Crippen LogP contribution in [-0.4, -0.2) is 41.6 Å². The number of halogens is 2. The van der Waals surface area contributed by atoms with E-state index in [0.29, 0.717) is 23.1 Å². The number of fused-ring (bicyclic) bond motifs is 1. The van der Waals surface area contributed by atoms with Gasteiger partial charge in [-0.05, 0) is 59.9 Å². The minimum Gasteiger partial charge on any atom is -0.322 e. The van der Waals surface area contributed by atoms with E-state index in [2.05, 4.69) is 11.4 Å². The highest BCUT2D eigenvalue weighted by Gasteiger charge is 2.44. The molecule has 2 aliphatic heterocycles. The largest absolute Gasteiger partial charge is 0.350 e. The first-order valence-electron chi connectivity index (χ1n) is 12.1. The van der Waals surface area contributed by atoms with E-state index in [4.69, 9.17) is 0 Å². The minimum absolute atomic E-state index is 0.0714. The standard InChI is InChI=1S/C29H24F2N3O4/c1-33(28(38)29(30,31)21-9-5-8-19(15-21)14-18-6-3-2-4-7-18)22-10-11-23-20(16-22)17-34(27(23)37)24-12-13-25(35)32-26(24)36/h2-8,10-11,15-16,24H,12-14,17H2,1H3,(H,32,35,36). The molecule has 1 radical (unpaired) electrons. The number of piperidine rings is 1. The lowest BCUT2D eigenvalue weighted by Crippen LogP contribution is -2.52. The maximum Gasteiger partial charge on any atom is 0.350 e. The molecule has 1 atom stereocenters. The highest BCUT2D eigenvalue weighted by molar-refractivity contribution is 6.06. The van der Waals surface area contributed by atoms with Crippen LogP contribution in [-0.2, 0) is 33.3 Å². The van der Waals surface area contributed by atoms with Gasteiger partial charge in [-0.15, -0.1) is 0 Å². The molecule has 1 fully saturated rings. The van der Waals surface area contributed by atoms with Crippen molar-refractivity contribution in [3.8, 4) is 0 Å². The van der Waals surface area contributed by atoms with Crippen LogP contribution >= 0.6 is 0 Å². The van der Waals surface area contributed by atoms with E-state index >= 15 is 8.78 Å². The minimum atomic E-state index is -3.84. The molecule has 1 saturated heterocycles. The third-order valence-corrected chi connectivity index (χ3v) is 6.92. The van der Waals surface area contributed by atoms with E-state index in [1.807, 2.05) is 30.3 Å². The van der Waals surface area contributed by atoms with Crippen molar-refractivity contribution in [3.05, 3.63) is 101 Å². The van der Waals surface area contributed by atoms with Gasteiger partial charge in [-0.3, -0.25) is 24.5 Å². The zero-order chi connectivity index (χ0) is 27.0. The average Bonchev–Trinajstić information content (AvgIpc) is 3.23. The van der Waals surface area contributed by atoms with Crippen LogP contribution in [0.4, 0.5) is 14.5 Å². The Kier molecular flexibility index (Phi) is 6.52. The lowest BCUT2D eigenvalue weighted by atomic mass is 9.99. The van der Waals surface area contributed by atoms with Gasteiger partial charge >= 0.3 is 11.8 Å². The molecule has 2 aliphatic rings. The number of carbonyl (C=O) groups excluding carboxylic acids is 4. The Morgan fingerprint density at radius 3 is 2.58 bits per heavy atom. The molecular formula is C29H24F2N3O4. The molecule has 1 N–H and O–H groups in total. The number of carbonyl (C=O) groups is 4. The summed E-state index contributed by atoms with van der Waals surface area (Å²) >= 11 is 0. The van der Waals surface area contributed by atoms with Gasteiger partial charge in [-0.2, -0.15) is 8.78 Å². The molecular weight excluding hydrogens is 492 g/mol. The number of likely N-dealkylation sites (N-methyl/N-ethyl adjacent to an activating group) is 1. The SMILES string of the molecule is CN(C(=O)C(F)(F)c1[c]ccc(Cc2ccccc2)c1)c1ccc2c(c1)CN(C1CCC(=O)NC1=O)C2=O. The second kappa shape index (κ2) is 9.81. The zero-order valence-electron chi connectivity index (χ0n) is 20.5. The molecule has 3 aromatic rings. The summed E-state index contributed by atoms with van der Waals surface area (Å²) in [6.07, 6.45) is 0.768. The van der Waals surface area contributed by atoms with Crippen molar-refractivity contribution in [1.82, 2.24) is 10.2 Å². The molecule has 38 heavy (non-hydrogen) atoms. The van der Waals surface area contributed by atoms with E-state index < -0.39 is 29.3 Å². The van der Waals surface area contributed by atoms with Crippen molar-refractivity contribution in [2.45, 2.75) is 37.8 Å². The third-order valence-electron chi connectivity index (χ3n) is 6.92. The number of benzene rings is 3. The number of hydrogen-bond acceptors (Lipinski definition) is 4. The molecule has 0 spiro atoms. The van der Waals surface area contributed by atoms with Gasteiger partial charge in [0.2, 0.25) is 11.8 Å². The number of imide groups is 1. The number of alkyl halides is 2. The van der Waals surface area contributed by atoms with Crippen LogP contribution in [0.2, 0.25) is 0 Å². The summed E-state index contributed by atoms with van der Waals surface area (Å²) in [4.78, 5) is 51.8. The van der Waals surface area contributed by atoms with Gasteiger partial charge < -0.3 is 9.80 Å². The summed E-state index contributed by atoms with van der Waals surface area (Å²) in [5.74, 6) is -6.58. The summed E-state index contributed by atoms with van der Waals surface area (Å²) in [6.45, 7) is 0.0714. The van der Waals surface area contributed by atoms with E-state index in [0.717, 1.165) is 10.5 Å². The fourth-order valence-corrected chi connectivity index (χ4v) is 4.85. The summed E-state index contributed by atoms with van der Waals surface area (Å²) in [5, 5.41) is 2.24. The summed E-state index contributed by atoms with van der Waals surface area (Å²) in [5.41, 5.74) is 2.08. The number of nitrogens with zero attached hydrogens (tertiary/aromatic N) is 2. The van der Waals surface area contributed by atoms with Crippen LogP contribution in [0.3, 0.4) is 0 Å². The fraction of sp³-hybridized carbons (Fsp3) is 0.241. The number of rotatable bonds is 6. The highest BCUT2D eigenvalue weighted by atomic mass is 19.3. The second-order valence-corrected chi connectivity index (χ2v) is 9.45. The molecule has 2 heterocycles. The molecule has 0 saturated carbocycles. The predicted molar refractivity (Wildman–Crippen MR) is 134 cm³/mol. The normalized spacial score (nSPS) is 17.3. The number of nitrogens with one attached hydrogen (secondary N) is 1. The summed E-state index contributed by atoms with van der Waals surface area (Å²) < 4.78 is 30.7. The van der Waals surface area contributed by atoms with Crippen molar-refractivity contribution < 1.29 is 28.0 Å². The first-order valence-corrected chi connectivity index (χ1v) is 12.1. The number of hydrogen-bond donors (Lipinski definition) is 1. The second-order valence-electron chi connectivity index (χ2n) is 9.45. The molecule has 1 unspecified atom stereocenters. The van der Waals surface area contributed by atoms with Crippen LogP contribution < -0.4 is 10.2 Å². The van der Waals surface area contributed by atoms with Crippen molar-refractivity contribution in [2.75, 3.05) is 11.9 Å². The number of amides is 4. The monoisotopic (exact) mass is 516 g/mol. The van der Waals surface area contributed by atoms with E-state index in [-0.39, 0.29) is 36.9 Å². The Bertz CT molecular complexity index is 1440. The molecule has 4 amide bonds. The quantitative estimate of drug-likeness (QED) is 0.508. The molecule has 7 nitrogen and oxygen atoms in total. The van der Waals surface area contributed by atoms with Crippen LogP contribution in [0.25, 0.3) is 0 Å². The Hall–Kier alpha value is -4.40. The zero-order valence-corrected chi connectivity index (χ0v) is 20.5. The fourth-order valence-electron chi connectivity index (χ4n) is 4.85. The Morgan fingerprint density at radius 2 is 1.84 bits per heavy atom. The topological polar surface area (TPSA) is 86.8 Å². The Labute approximate surface area is 218 Å². The lowest BCUT2D eigenvalue weighted by Gasteiger charge is -2.29. The van der Waals surface area contributed by atoms with Crippen LogP contribution in [0.1, 0.15) is 45.5 Å². The van der Waals surface area contributed by atoms with Gasteiger partial charge in [-0.1, -0.05) is 42.5 Å². The molecule has 9 heteroatoms. The smallest absolute Gasteiger partial charge is 0.322 e. The highest BCUT2D eigenvalue weighted by Crippen LogP contribution is 2.34. The van der Waals surface area contributed by atoms with Crippen molar-refractivity contribution in [2.24, 2.45) is 0 Å². The maximum atomic E-state index is 15.4.